The number of carbonyl (C=O) groups excluding carboxylic acids is 3. The van der Waals surface area contributed by atoms with Crippen LogP contribution < -0.4 is 0 Å². The summed E-state index contributed by atoms with van der Waals surface area (Å²) in [5.74, 6) is -0.850. The molecular formula is C48H92O6. The molecule has 0 aliphatic heterocycles. The monoisotopic (exact) mass is 765 g/mol. The van der Waals surface area contributed by atoms with Crippen LogP contribution in [0.15, 0.2) is 0 Å². The molecule has 0 saturated heterocycles. The van der Waals surface area contributed by atoms with Gasteiger partial charge in [0.05, 0.1) is 0 Å². The second-order valence-electron chi connectivity index (χ2n) is 16.4. The number of hydrogen-bond donors (Lipinski definition) is 0. The average Bonchev–Trinajstić information content (AvgIpc) is 3.17. The van der Waals surface area contributed by atoms with Gasteiger partial charge < -0.3 is 14.2 Å². The van der Waals surface area contributed by atoms with Crippen molar-refractivity contribution >= 4 is 17.9 Å². The fourth-order valence-electron chi connectivity index (χ4n) is 7.21. The van der Waals surface area contributed by atoms with E-state index in [2.05, 4.69) is 20.8 Å². The van der Waals surface area contributed by atoms with E-state index in [9.17, 15) is 14.4 Å². The van der Waals surface area contributed by atoms with Gasteiger partial charge in [-0.05, 0) is 19.3 Å². The van der Waals surface area contributed by atoms with Gasteiger partial charge in [0.1, 0.15) is 13.2 Å². The van der Waals surface area contributed by atoms with Gasteiger partial charge >= 0.3 is 17.9 Å². The predicted molar refractivity (Wildman–Crippen MR) is 229 cm³/mol. The van der Waals surface area contributed by atoms with Crippen LogP contribution in [0.25, 0.3) is 0 Å². The Morgan fingerprint density at radius 1 is 0.296 bits per heavy atom. The van der Waals surface area contributed by atoms with Gasteiger partial charge in [-0.3, -0.25) is 14.4 Å². The molecule has 0 aromatic carbocycles. The zero-order chi connectivity index (χ0) is 39.4. The van der Waals surface area contributed by atoms with Crippen molar-refractivity contribution in [3.63, 3.8) is 0 Å². The van der Waals surface area contributed by atoms with Crippen LogP contribution >= 0.6 is 0 Å². The van der Waals surface area contributed by atoms with E-state index in [1.165, 1.54) is 173 Å². The number of hydrogen-bond acceptors (Lipinski definition) is 6. The Balaban J connectivity index is 4.29. The van der Waals surface area contributed by atoms with Gasteiger partial charge in [-0.2, -0.15) is 0 Å². The van der Waals surface area contributed by atoms with Crippen LogP contribution in [0.3, 0.4) is 0 Å². The van der Waals surface area contributed by atoms with Crippen molar-refractivity contribution in [1.82, 2.24) is 0 Å². The lowest BCUT2D eigenvalue weighted by Gasteiger charge is -2.18. The highest BCUT2D eigenvalue weighted by Crippen LogP contribution is 2.16. The molecule has 0 amide bonds. The number of carbonyl (C=O) groups is 3. The molecule has 0 N–H and O–H groups in total. The quantitative estimate of drug-likeness (QED) is 0.0349. The van der Waals surface area contributed by atoms with E-state index < -0.39 is 6.10 Å². The van der Waals surface area contributed by atoms with Crippen LogP contribution in [0.2, 0.25) is 0 Å². The molecule has 0 heterocycles. The molecule has 1 atom stereocenters. The summed E-state index contributed by atoms with van der Waals surface area (Å²) in [4.78, 5) is 37.7. The van der Waals surface area contributed by atoms with E-state index in [1.807, 2.05) is 0 Å². The van der Waals surface area contributed by atoms with Crippen LogP contribution in [0.1, 0.15) is 271 Å². The van der Waals surface area contributed by atoms with Gasteiger partial charge in [0.15, 0.2) is 6.10 Å². The number of ether oxygens (including phenoxy) is 3. The molecule has 0 bridgehead atoms. The smallest absolute Gasteiger partial charge is 0.306 e. The number of rotatable bonds is 44. The second-order valence-corrected chi connectivity index (χ2v) is 16.4. The topological polar surface area (TPSA) is 78.9 Å². The first-order chi connectivity index (χ1) is 26.5. The van der Waals surface area contributed by atoms with Crippen LogP contribution in [0, 0.1) is 0 Å². The standard InChI is InChI=1S/C48H92O6/c1-4-7-10-13-16-19-21-23-24-25-27-30-33-36-39-42-48(51)54-45(43-52-46(49)40-37-34-31-28-18-15-12-9-6-3)44-53-47(50)41-38-35-32-29-26-22-20-17-14-11-8-5-2/h45H,4-44H2,1-3H3/t45-/m1/s1. The van der Waals surface area contributed by atoms with Crippen molar-refractivity contribution in [3.05, 3.63) is 0 Å². The van der Waals surface area contributed by atoms with Crippen molar-refractivity contribution in [2.45, 2.75) is 277 Å². The molecule has 0 spiro atoms. The zero-order valence-corrected chi connectivity index (χ0v) is 36.5. The van der Waals surface area contributed by atoms with Crippen molar-refractivity contribution < 1.29 is 28.6 Å². The summed E-state index contributed by atoms with van der Waals surface area (Å²) in [7, 11) is 0. The Kier molecular flexibility index (Phi) is 42.8. The van der Waals surface area contributed by atoms with E-state index in [4.69, 9.17) is 14.2 Å². The molecule has 6 heteroatoms. The third-order valence-electron chi connectivity index (χ3n) is 10.9. The Morgan fingerprint density at radius 2 is 0.500 bits per heavy atom. The summed E-state index contributed by atoms with van der Waals surface area (Å²) >= 11 is 0. The third-order valence-corrected chi connectivity index (χ3v) is 10.9. The molecular weight excluding hydrogens is 673 g/mol. The van der Waals surface area contributed by atoms with Gasteiger partial charge in [-0.1, -0.05) is 233 Å². The van der Waals surface area contributed by atoms with Gasteiger partial charge in [-0.15, -0.1) is 0 Å². The molecule has 320 valence electrons. The van der Waals surface area contributed by atoms with Crippen LogP contribution in [-0.2, 0) is 28.6 Å². The van der Waals surface area contributed by atoms with Crippen LogP contribution in [0.4, 0.5) is 0 Å². The minimum Gasteiger partial charge on any atom is -0.462 e. The van der Waals surface area contributed by atoms with Gasteiger partial charge in [0.2, 0.25) is 0 Å². The van der Waals surface area contributed by atoms with E-state index in [-0.39, 0.29) is 31.1 Å². The Hall–Kier alpha value is -1.59. The summed E-state index contributed by atoms with van der Waals surface area (Å²) in [5.41, 5.74) is 0. The minimum atomic E-state index is -0.758. The highest BCUT2D eigenvalue weighted by Gasteiger charge is 2.19. The first-order valence-corrected chi connectivity index (χ1v) is 24.0. The van der Waals surface area contributed by atoms with E-state index in [1.54, 1.807) is 0 Å². The molecule has 0 aliphatic rings. The maximum absolute atomic E-state index is 12.7. The largest absolute Gasteiger partial charge is 0.462 e. The molecule has 0 unspecified atom stereocenters. The average molecular weight is 765 g/mol. The molecule has 0 aromatic rings. The highest BCUT2D eigenvalue weighted by molar-refractivity contribution is 5.71. The Bertz CT molecular complexity index is 798. The summed E-state index contributed by atoms with van der Waals surface area (Å²) in [5, 5.41) is 0. The van der Waals surface area contributed by atoms with Crippen LogP contribution in [0.5, 0.6) is 0 Å². The van der Waals surface area contributed by atoms with Crippen molar-refractivity contribution in [2.75, 3.05) is 13.2 Å². The zero-order valence-electron chi connectivity index (χ0n) is 36.5. The molecule has 0 aliphatic carbocycles. The van der Waals surface area contributed by atoms with E-state index in [0.29, 0.717) is 19.3 Å². The fourth-order valence-corrected chi connectivity index (χ4v) is 7.21. The molecule has 54 heavy (non-hydrogen) atoms. The maximum atomic E-state index is 12.7. The lowest BCUT2D eigenvalue weighted by atomic mass is 10.0. The fraction of sp³-hybridized carbons (Fsp3) is 0.938. The van der Waals surface area contributed by atoms with E-state index >= 15 is 0 Å². The highest BCUT2D eigenvalue weighted by atomic mass is 16.6. The van der Waals surface area contributed by atoms with Crippen molar-refractivity contribution in [2.24, 2.45) is 0 Å². The molecule has 0 saturated carbocycles. The summed E-state index contributed by atoms with van der Waals surface area (Å²) in [6.07, 6.45) is 45.1. The first kappa shape index (κ1) is 52.4. The molecule has 0 rings (SSSR count). The Morgan fingerprint density at radius 3 is 0.741 bits per heavy atom. The van der Waals surface area contributed by atoms with Crippen molar-refractivity contribution in [1.29, 1.82) is 0 Å². The van der Waals surface area contributed by atoms with Gasteiger partial charge in [0, 0.05) is 19.3 Å². The van der Waals surface area contributed by atoms with Crippen LogP contribution in [-0.4, -0.2) is 37.2 Å². The number of unbranched alkanes of at least 4 members (excludes halogenated alkanes) is 33. The summed E-state index contributed by atoms with van der Waals surface area (Å²) in [6, 6.07) is 0. The summed E-state index contributed by atoms with van der Waals surface area (Å²) in [6.45, 7) is 6.64. The molecule has 0 aromatic heterocycles. The number of esters is 3. The minimum absolute atomic E-state index is 0.0625. The van der Waals surface area contributed by atoms with Crippen molar-refractivity contribution in [3.8, 4) is 0 Å². The van der Waals surface area contributed by atoms with Gasteiger partial charge in [-0.25, -0.2) is 0 Å². The molecule has 0 radical (unpaired) electrons. The summed E-state index contributed by atoms with van der Waals surface area (Å²) < 4.78 is 16.7. The first-order valence-electron chi connectivity index (χ1n) is 24.0. The lowest BCUT2D eigenvalue weighted by molar-refractivity contribution is -0.167. The second kappa shape index (κ2) is 44.1. The molecule has 0 fully saturated rings. The van der Waals surface area contributed by atoms with Gasteiger partial charge in [0.25, 0.3) is 0 Å². The normalized spacial score (nSPS) is 11.8. The maximum Gasteiger partial charge on any atom is 0.306 e. The third kappa shape index (κ3) is 41.6. The predicted octanol–water partition coefficient (Wildman–Crippen LogP) is 15.3. The lowest BCUT2D eigenvalue weighted by Crippen LogP contribution is -2.30. The van der Waals surface area contributed by atoms with E-state index in [0.717, 1.165) is 57.8 Å². The molecule has 6 nitrogen and oxygen atoms in total. The SMILES string of the molecule is CCCCCCCCCCCCCCCCCC(=O)O[C@H](COC(=O)CCCCCCCCCCC)COC(=O)CCCCCCCCCCCCCC. The Labute approximate surface area is 336 Å².